The van der Waals surface area contributed by atoms with Gasteiger partial charge in [0.2, 0.25) is 0 Å². The molecule has 2 heterocycles. The van der Waals surface area contributed by atoms with Crippen LogP contribution in [0.25, 0.3) is 27.7 Å². The number of allylic oxidation sites excluding steroid dienone is 2. The van der Waals surface area contributed by atoms with Crippen molar-refractivity contribution in [2.24, 2.45) is 0 Å². The highest BCUT2D eigenvalue weighted by Gasteiger charge is 2.13. The second kappa shape index (κ2) is 6.99. The predicted octanol–water partition coefficient (Wildman–Crippen LogP) is 2.76. The van der Waals surface area contributed by atoms with Gasteiger partial charge in [-0.15, -0.1) is 5.10 Å². The van der Waals surface area contributed by atoms with E-state index in [-0.39, 0.29) is 22.5 Å². The number of para-hydroxylation sites is 1. The van der Waals surface area contributed by atoms with Crippen LogP contribution < -0.4 is 10.9 Å². The molecule has 9 nitrogen and oxygen atoms in total. The summed E-state index contributed by atoms with van der Waals surface area (Å²) >= 11 is 0. The van der Waals surface area contributed by atoms with Crippen LogP contribution in [-0.2, 0) is 0 Å². The van der Waals surface area contributed by atoms with E-state index in [0.29, 0.717) is 22.1 Å². The Kier molecular flexibility index (Phi) is 4.21. The minimum atomic E-state index is -0.615. The lowest BCUT2D eigenvalue weighted by Crippen LogP contribution is -2.11. The zero-order valence-corrected chi connectivity index (χ0v) is 14.6. The summed E-state index contributed by atoms with van der Waals surface area (Å²) in [4.78, 5) is 12.5. The van der Waals surface area contributed by atoms with E-state index in [9.17, 15) is 4.79 Å². The van der Waals surface area contributed by atoms with E-state index in [2.05, 4.69) is 15.6 Å². The molecule has 0 amide bonds. The Bertz CT molecular complexity index is 1470. The molecule has 1 N–H and O–H groups in total. The van der Waals surface area contributed by atoms with Gasteiger partial charge in [0, 0.05) is 17.1 Å². The Morgan fingerprint density at radius 1 is 1.03 bits per heavy atom. The van der Waals surface area contributed by atoms with Gasteiger partial charge in [-0.2, -0.15) is 15.8 Å². The molecule has 0 unspecified atom stereocenters. The van der Waals surface area contributed by atoms with Gasteiger partial charge in [-0.3, -0.25) is 0 Å². The Labute approximate surface area is 162 Å². The first kappa shape index (κ1) is 17.5. The molecule has 0 aliphatic rings. The smallest absolute Gasteiger partial charge is 0.362 e. The number of hydrogen-bond donors (Lipinski definition) is 1. The van der Waals surface area contributed by atoms with Gasteiger partial charge >= 0.3 is 5.63 Å². The van der Waals surface area contributed by atoms with Gasteiger partial charge in [0.05, 0.1) is 5.52 Å². The summed E-state index contributed by atoms with van der Waals surface area (Å²) < 4.78 is 6.83. The first-order valence-electron chi connectivity index (χ1n) is 8.25. The lowest BCUT2D eigenvalue weighted by molar-refractivity contribution is 0.552. The summed E-state index contributed by atoms with van der Waals surface area (Å²) in [5, 5.41) is 38.4. The zero-order chi connectivity index (χ0) is 20.4. The Morgan fingerprint density at radius 2 is 1.83 bits per heavy atom. The molecule has 2 aromatic carbocycles. The van der Waals surface area contributed by atoms with Crippen LogP contribution in [-0.4, -0.2) is 15.0 Å². The van der Waals surface area contributed by atoms with Gasteiger partial charge in [-0.05, 0) is 30.3 Å². The molecule has 0 fully saturated rings. The van der Waals surface area contributed by atoms with E-state index < -0.39 is 5.63 Å². The van der Waals surface area contributed by atoms with Crippen molar-refractivity contribution in [1.29, 1.82) is 15.8 Å². The van der Waals surface area contributed by atoms with Crippen LogP contribution in [0.3, 0.4) is 0 Å². The molecular formula is C20H9N7O2. The lowest BCUT2D eigenvalue weighted by Gasteiger charge is -2.07. The van der Waals surface area contributed by atoms with Crippen molar-refractivity contribution in [2.75, 3.05) is 5.32 Å². The maximum Gasteiger partial charge on any atom is 0.362 e. The highest BCUT2D eigenvalue weighted by atomic mass is 16.4. The molecule has 2 aromatic heterocycles. The van der Waals surface area contributed by atoms with Crippen LogP contribution >= 0.6 is 0 Å². The quantitative estimate of drug-likeness (QED) is 0.422. The highest BCUT2D eigenvalue weighted by molar-refractivity contribution is 5.83. The van der Waals surface area contributed by atoms with Crippen molar-refractivity contribution in [1.82, 2.24) is 15.0 Å². The number of fused-ring (bicyclic) bond motifs is 2. The van der Waals surface area contributed by atoms with Crippen molar-refractivity contribution < 1.29 is 4.42 Å². The van der Waals surface area contributed by atoms with Gasteiger partial charge in [0.25, 0.3) is 0 Å². The van der Waals surface area contributed by atoms with Crippen LogP contribution in [0, 0.1) is 34.0 Å². The third-order valence-corrected chi connectivity index (χ3v) is 4.15. The molecular weight excluding hydrogens is 370 g/mol. The number of rotatable bonds is 3. The summed E-state index contributed by atoms with van der Waals surface area (Å²) in [5.74, 6) is 0. The fourth-order valence-corrected chi connectivity index (χ4v) is 2.80. The molecule has 0 saturated heterocycles. The molecule has 136 valence electrons. The number of nitrogens with zero attached hydrogens (tertiary/aromatic N) is 6. The average molecular weight is 379 g/mol. The molecule has 4 rings (SSSR count). The fraction of sp³-hybridized carbons (Fsp3) is 0. The SMILES string of the molecule is N#CC(C#N)=C(C#N)Nc1ccc2cc(-n3nnc4ccccc43)c(=O)oc2c1. The maximum absolute atomic E-state index is 12.5. The van der Waals surface area contributed by atoms with E-state index >= 15 is 0 Å². The molecule has 4 aromatic rings. The number of hydrogen-bond acceptors (Lipinski definition) is 8. The van der Waals surface area contributed by atoms with E-state index in [1.165, 1.54) is 10.7 Å². The average Bonchev–Trinajstić information content (AvgIpc) is 3.17. The normalized spacial score (nSPS) is 10.1. The summed E-state index contributed by atoms with van der Waals surface area (Å²) in [7, 11) is 0. The van der Waals surface area contributed by atoms with Crippen LogP contribution in [0.5, 0.6) is 0 Å². The molecule has 9 heteroatoms. The summed E-state index contributed by atoms with van der Waals surface area (Å²) in [6.07, 6.45) is 0. The summed E-state index contributed by atoms with van der Waals surface area (Å²) in [5.41, 5.74) is 1.02. The van der Waals surface area contributed by atoms with Crippen LogP contribution in [0.2, 0.25) is 0 Å². The van der Waals surface area contributed by atoms with Gasteiger partial charge in [0.1, 0.15) is 35.0 Å². The van der Waals surface area contributed by atoms with Gasteiger partial charge in [0.15, 0.2) is 11.3 Å². The number of anilines is 1. The highest BCUT2D eigenvalue weighted by Crippen LogP contribution is 2.22. The topological polar surface area (TPSA) is 144 Å². The standard InChI is InChI=1S/C20H9N7O2/c21-9-13(10-22)16(11-23)24-14-6-5-12-7-18(20(28)29-19(12)8-14)27-17-4-2-1-3-15(17)25-26-27/h1-8,24H. The predicted molar refractivity (Wildman–Crippen MR) is 102 cm³/mol. The summed E-state index contributed by atoms with van der Waals surface area (Å²) in [6, 6.07) is 18.7. The van der Waals surface area contributed by atoms with Crippen molar-refractivity contribution in [3.63, 3.8) is 0 Å². The van der Waals surface area contributed by atoms with Gasteiger partial charge < -0.3 is 9.73 Å². The number of nitrogens with one attached hydrogen (secondary N) is 1. The third-order valence-electron chi connectivity index (χ3n) is 4.15. The number of nitriles is 3. The molecule has 0 radical (unpaired) electrons. The molecule has 0 spiro atoms. The second-order valence-electron chi connectivity index (χ2n) is 5.87. The molecule has 0 atom stereocenters. The monoisotopic (exact) mass is 379 g/mol. The largest absolute Gasteiger partial charge is 0.421 e. The molecule has 0 aliphatic heterocycles. The van der Waals surface area contributed by atoms with E-state index in [1.54, 1.807) is 48.5 Å². The Balaban J connectivity index is 1.80. The van der Waals surface area contributed by atoms with E-state index in [0.717, 1.165) is 0 Å². The third kappa shape index (κ3) is 3.03. The first-order chi connectivity index (χ1) is 14.1. The fourth-order valence-electron chi connectivity index (χ4n) is 2.80. The summed E-state index contributed by atoms with van der Waals surface area (Å²) in [6.45, 7) is 0. The van der Waals surface area contributed by atoms with Gasteiger partial charge in [-0.25, -0.2) is 9.48 Å². The van der Waals surface area contributed by atoms with Crippen LogP contribution in [0.1, 0.15) is 0 Å². The van der Waals surface area contributed by atoms with Crippen molar-refractivity contribution in [3.05, 3.63) is 70.2 Å². The minimum Gasteiger partial charge on any atom is -0.421 e. The van der Waals surface area contributed by atoms with Crippen molar-refractivity contribution in [2.45, 2.75) is 0 Å². The number of aromatic nitrogens is 3. The first-order valence-corrected chi connectivity index (χ1v) is 8.25. The zero-order valence-electron chi connectivity index (χ0n) is 14.6. The molecule has 29 heavy (non-hydrogen) atoms. The second-order valence-corrected chi connectivity index (χ2v) is 5.87. The van der Waals surface area contributed by atoms with Gasteiger partial charge in [-0.1, -0.05) is 17.3 Å². The van der Waals surface area contributed by atoms with E-state index in [1.807, 2.05) is 12.1 Å². The van der Waals surface area contributed by atoms with Crippen LogP contribution in [0.4, 0.5) is 5.69 Å². The van der Waals surface area contributed by atoms with Crippen molar-refractivity contribution >= 4 is 27.7 Å². The number of benzene rings is 2. The van der Waals surface area contributed by atoms with E-state index in [4.69, 9.17) is 20.2 Å². The minimum absolute atomic E-state index is 0.192. The Hall–Kier alpha value is -4.94. The molecule has 0 bridgehead atoms. The Morgan fingerprint density at radius 3 is 2.59 bits per heavy atom. The molecule has 0 aliphatic carbocycles. The maximum atomic E-state index is 12.5. The molecule has 0 saturated carbocycles. The van der Waals surface area contributed by atoms with Crippen molar-refractivity contribution in [3.8, 4) is 23.9 Å². The lowest BCUT2D eigenvalue weighted by atomic mass is 10.2. The van der Waals surface area contributed by atoms with Crippen LogP contribution in [0.15, 0.2) is 69.0 Å².